The average molecular weight is 965 g/mol. The van der Waals surface area contributed by atoms with E-state index in [0.717, 1.165) is 139 Å². The first kappa shape index (κ1) is 43.0. The highest BCUT2D eigenvalue weighted by Crippen LogP contribution is 2.49. The van der Waals surface area contributed by atoms with Crippen molar-refractivity contribution in [2.24, 2.45) is 0 Å². The third-order valence-corrected chi connectivity index (χ3v) is 15.4. The van der Waals surface area contributed by atoms with E-state index in [0.29, 0.717) is 0 Å². The van der Waals surface area contributed by atoms with Gasteiger partial charge in [0.15, 0.2) is 11.2 Å². The van der Waals surface area contributed by atoms with Crippen LogP contribution in [0.5, 0.6) is 0 Å². The molecule has 0 aliphatic heterocycles. The van der Waals surface area contributed by atoms with Crippen LogP contribution < -0.4 is 9.80 Å². The molecule has 3 heterocycles. The van der Waals surface area contributed by atoms with Crippen molar-refractivity contribution in [3.8, 4) is 11.1 Å². The van der Waals surface area contributed by atoms with E-state index in [1.807, 2.05) is 0 Å². The summed E-state index contributed by atoms with van der Waals surface area (Å²) in [6.45, 7) is 4.30. The maximum Gasteiger partial charge on any atom is 0.159 e. The van der Waals surface area contributed by atoms with Crippen molar-refractivity contribution in [1.29, 1.82) is 0 Å². The Morgan fingerprint density at radius 3 is 1.48 bits per heavy atom. The Labute approximate surface area is 433 Å². The van der Waals surface area contributed by atoms with Gasteiger partial charge >= 0.3 is 0 Å². The second-order valence-corrected chi connectivity index (χ2v) is 20.1. The summed E-state index contributed by atoms with van der Waals surface area (Å²) < 4.78 is 20.8. The summed E-state index contributed by atoms with van der Waals surface area (Å²) in [7, 11) is 0. The lowest BCUT2D eigenvalue weighted by Gasteiger charge is -2.26. The second-order valence-electron chi connectivity index (χ2n) is 20.1. The highest BCUT2D eigenvalue weighted by molar-refractivity contribution is 6.27. The predicted molar refractivity (Wildman–Crippen MR) is 313 cm³/mol. The van der Waals surface area contributed by atoms with Crippen LogP contribution in [0.2, 0.25) is 0 Å². The zero-order valence-electron chi connectivity index (χ0n) is 41.4. The van der Waals surface area contributed by atoms with Crippen molar-refractivity contribution in [1.82, 2.24) is 0 Å². The highest BCUT2D eigenvalue weighted by Gasteiger charge is 2.25. The van der Waals surface area contributed by atoms with E-state index >= 15 is 0 Å². The minimum Gasteiger partial charge on any atom is -0.456 e. The lowest BCUT2D eigenvalue weighted by Crippen LogP contribution is -2.10. The topological polar surface area (TPSA) is 45.9 Å². The molecule has 15 rings (SSSR count). The van der Waals surface area contributed by atoms with Gasteiger partial charge in [-0.05, 0) is 131 Å². The third kappa shape index (κ3) is 6.92. The van der Waals surface area contributed by atoms with Crippen LogP contribution in [0.1, 0.15) is 29.0 Å². The van der Waals surface area contributed by atoms with E-state index in [-0.39, 0.29) is 5.92 Å². The third-order valence-electron chi connectivity index (χ3n) is 15.4. The Bertz CT molecular complexity index is 4680. The van der Waals surface area contributed by atoms with Gasteiger partial charge in [-0.15, -0.1) is 0 Å². The number of hydrogen-bond donors (Lipinski definition) is 0. The number of aryl methyl sites for hydroxylation is 2. The van der Waals surface area contributed by atoms with Crippen molar-refractivity contribution in [2.45, 2.75) is 26.2 Å². The number of fused-ring (bicyclic) bond motifs is 13. The first-order valence-corrected chi connectivity index (χ1v) is 25.8. The molecule has 5 heteroatoms. The van der Waals surface area contributed by atoms with Crippen molar-refractivity contribution >= 4 is 121 Å². The number of para-hydroxylation sites is 4. The molecule has 5 nitrogen and oxygen atoms in total. The molecule has 356 valence electrons. The Balaban J connectivity index is 0.882. The lowest BCUT2D eigenvalue weighted by molar-refractivity contribution is 0.657. The predicted octanol–water partition coefficient (Wildman–Crippen LogP) is 20.5. The van der Waals surface area contributed by atoms with Gasteiger partial charge < -0.3 is 23.1 Å². The molecule has 14 aromatic rings. The van der Waals surface area contributed by atoms with Gasteiger partial charge in [-0.3, -0.25) is 0 Å². The normalized spacial score (nSPS) is 13.7. The van der Waals surface area contributed by atoms with E-state index < -0.39 is 0 Å². The van der Waals surface area contributed by atoms with Gasteiger partial charge in [0.25, 0.3) is 0 Å². The Kier molecular flexibility index (Phi) is 9.76. The number of anilines is 6. The summed E-state index contributed by atoms with van der Waals surface area (Å²) in [5, 5.41) is 11.1. The fourth-order valence-corrected chi connectivity index (χ4v) is 12.0. The van der Waals surface area contributed by atoms with Crippen LogP contribution in [0, 0.1) is 13.8 Å². The van der Waals surface area contributed by atoms with Crippen LogP contribution in [-0.2, 0) is 0 Å². The smallest absolute Gasteiger partial charge is 0.159 e. The lowest BCUT2D eigenvalue weighted by atomic mass is 9.91. The molecule has 11 aromatic carbocycles. The molecule has 3 aromatic heterocycles. The van der Waals surface area contributed by atoms with Crippen molar-refractivity contribution in [2.75, 3.05) is 9.80 Å². The second kappa shape index (κ2) is 17.0. The number of allylic oxidation sites excluding steroid dienone is 4. The molecule has 1 aliphatic rings. The van der Waals surface area contributed by atoms with Crippen LogP contribution in [-0.4, -0.2) is 0 Å². The fourth-order valence-electron chi connectivity index (χ4n) is 12.0. The molecule has 1 unspecified atom stereocenters. The largest absolute Gasteiger partial charge is 0.456 e. The first-order valence-electron chi connectivity index (χ1n) is 25.8. The first-order chi connectivity index (χ1) is 37.0. The molecule has 0 fully saturated rings. The molecule has 0 radical (unpaired) electrons. The summed E-state index contributed by atoms with van der Waals surface area (Å²) >= 11 is 0. The number of nitrogens with zero attached hydrogens (tertiary/aromatic N) is 2. The molecule has 1 atom stereocenters. The van der Waals surface area contributed by atoms with Gasteiger partial charge in [0.05, 0.1) is 11.4 Å². The minimum absolute atomic E-state index is 0.262. The average Bonchev–Trinajstić information content (AvgIpc) is 4.17. The molecule has 0 saturated heterocycles. The molecule has 0 spiro atoms. The summed E-state index contributed by atoms with van der Waals surface area (Å²) in [5.41, 5.74) is 17.2. The van der Waals surface area contributed by atoms with Crippen molar-refractivity contribution in [3.63, 3.8) is 0 Å². The number of hydrogen-bond acceptors (Lipinski definition) is 5. The molecule has 1 aliphatic carbocycles. The van der Waals surface area contributed by atoms with Gasteiger partial charge in [0.2, 0.25) is 0 Å². The Morgan fingerprint density at radius 2 is 0.907 bits per heavy atom. The van der Waals surface area contributed by atoms with Crippen LogP contribution in [0.3, 0.4) is 0 Å². The molecule has 0 bridgehead atoms. The van der Waals surface area contributed by atoms with Gasteiger partial charge in [-0.1, -0.05) is 164 Å². The standard InChI is InChI=1S/C70H48N2O3/c1-43-15-9-21-49(39-43)71(61-29-13-27-59-57-25-11-23-55(67(57)74-69(59)61)45-17-5-3-6-18-45)51-33-35-53-47(41-51)31-37-63-65(53)66-54-36-34-52(42-48(54)32-38-64(66)73-63)72(50-22-10-16-44(2)40-50)62-30-14-28-60-58-26-12-24-56(68(58)75-70(60)62)46-19-7-4-8-20-46/h3-19,21-42,46H,20H2,1-2H3. The molecule has 75 heavy (non-hydrogen) atoms. The highest BCUT2D eigenvalue weighted by atomic mass is 16.3. The van der Waals surface area contributed by atoms with Crippen molar-refractivity contribution in [3.05, 3.63) is 253 Å². The van der Waals surface area contributed by atoms with E-state index in [4.69, 9.17) is 13.3 Å². The summed E-state index contributed by atoms with van der Waals surface area (Å²) in [6, 6.07) is 76.3. The molecule has 0 amide bonds. The van der Waals surface area contributed by atoms with Gasteiger partial charge in [-0.2, -0.15) is 0 Å². The van der Waals surface area contributed by atoms with Gasteiger partial charge in [0, 0.05) is 72.1 Å². The van der Waals surface area contributed by atoms with Gasteiger partial charge in [0.1, 0.15) is 22.3 Å². The number of benzene rings is 11. The minimum atomic E-state index is 0.262. The summed E-state index contributed by atoms with van der Waals surface area (Å²) in [6.07, 6.45) is 9.75. The quantitative estimate of drug-likeness (QED) is 0.152. The van der Waals surface area contributed by atoms with Crippen LogP contribution in [0.25, 0.3) is 98.5 Å². The maximum absolute atomic E-state index is 7.06. The Morgan fingerprint density at radius 1 is 0.387 bits per heavy atom. The van der Waals surface area contributed by atoms with Crippen molar-refractivity contribution < 1.29 is 13.3 Å². The zero-order chi connectivity index (χ0) is 49.7. The Hall–Kier alpha value is -9.58. The molecule has 0 N–H and O–H groups in total. The van der Waals surface area contributed by atoms with Gasteiger partial charge in [-0.25, -0.2) is 0 Å². The van der Waals surface area contributed by atoms with Crippen LogP contribution in [0.15, 0.2) is 250 Å². The summed E-state index contributed by atoms with van der Waals surface area (Å²) in [4.78, 5) is 4.69. The SMILES string of the molecule is Cc1cccc(N(c2ccc3c(ccc4oc5ccc6cc(N(c7cccc(C)c7)c7cccc8c7oc7c(C9C=CC=CC9)cccc78)ccc6c5c43)c2)c2cccc3c2oc2c(-c4ccccc4)cccc23)c1. The van der Waals surface area contributed by atoms with Crippen LogP contribution in [0.4, 0.5) is 34.1 Å². The molecule has 0 saturated carbocycles. The molecular formula is C70H48N2O3. The van der Waals surface area contributed by atoms with E-state index in [1.54, 1.807) is 0 Å². The van der Waals surface area contributed by atoms with Crippen LogP contribution >= 0.6 is 0 Å². The fraction of sp³-hybridized carbons (Fsp3) is 0.0571. The monoisotopic (exact) mass is 964 g/mol. The zero-order valence-corrected chi connectivity index (χ0v) is 41.4. The number of furan rings is 3. The van der Waals surface area contributed by atoms with E-state index in [2.05, 4.69) is 260 Å². The molecular weight excluding hydrogens is 917 g/mol. The maximum atomic E-state index is 7.06. The van der Waals surface area contributed by atoms with E-state index in [9.17, 15) is 0 Å². The van der Waals surface area contributed by atoms with E-state index in [1.165, 1.54) is 16.7 Å². The summed E-state index contributed by atoms with van der Waals surface area (Å²) in [5.74, 6) is 0.262. The number of rotatable bonds is 8.